The molecule has 1 aromatic carbocycles. The van der Waals surface area contributed by atoms with Gasteiger partial charge in [-0.3, -0.25) is 4.99 Å². The Morgan fingerprint density at radius 2 is 2.12 bits per heavy atom. The van der Waals surface area contributed by atoms with Crippen molar-refractivity contribution in [2.24, 2.45) is 4.99 Å². The number of halogens is 1. The first kappa shape index (κ1) is 21.3. The van der Waals surface area contributed by atoms with Gasteiger partial charge in [0.25, 0.3) is 0 Å². The zero-order valence-electron chi connectivity index (χ0n) is 15.3. The van der Waals surface area contributed by atoms with Gasteiger partial charge in [0.2, 0.25) is 0 Å². The lowest BCUT2D eigenvalue weighted by Crippen LogP contribution is -2.38. The molecular weight excluding hydrogens is 429 g/mol. The van der Waals surface area contributed by atoms with Gasteiger partial charge in [-0.25, -0.2) is 4.98 Å². The zero-order valence-corrected chi connectivity index (χ0v) is 17.7. The molecule has 0 saturated carbocycles. The number of rotatable bonds is 7. The number of aryl methyl sites for hydroxylation is 1. The highest BCUT2D eigenvalue weighted by atomic mass is 127. The third-order valence-electron chi connectivity index (χ3n) is 3.48. The van der Waals surface area contributed by atoms with Gasteiger partial charge in [-0.1, -0.05) is 12.1 Å². The van der Waals surface area contributed by atoms with Crippen LogP contribution >= 0.6 is 24.0 Å². The Bertz CT molecular complexity index is 655. The van der Waals surface area contributed by atoms with Crippen molar-refractivity contribution in [1.82, 2.24) is 20.2 Å². The van der Waals surface area contributed by atoms with Crippen molar-refractivity contribution in [3.8, 4) is 5.75 Å². The van der Waals surface area contributed by atoms with E-state index in [1.54, 1.807) is 19.6 Å². The van der Waals surface area contributed by atoms with E-state index >= 15 is 0 Å². The van der Waals surface area contributed by atoms with Crippen LogP contribution < -0.4 is 15.4 Å². The quantitative estimate of drug-likeness (QED) is 0.381. The second-order valence-corrected chi connectivity index (χ2v) is 5.93. The molecule has 138 valence electrons. The fourth-order valence-corrected chi connectivity index (χ4v) is 2.29. The maximum absolute atomic E-state index is 5.91. The summed E-state index contributed by atoms with van der Waals surface area (Å²) in [5.41, 5.74) is 2.31. The number of nitrogens with one attached hydrogen (secondary N) is 2. The van der Waals surface area contributed by atoms with E-state index < -0.39 is 0 Å². The summed E-state index contributed by atoms with van der Waals surface area (Å²) < 4.78 is 7.93. The number of benzene rings is 1. The van der Waals surface area contributed by atoms with Gasteiger partial charge in [0, 0.05) is 44.6 Å². The van der Waals surface area contributed by atoms with Gasteiger partial charge in [0.1, 0.15) is 5.75 Å². The zero-order chi connectivity index (χ0) is 17.4. The van der Waals surface area contributed by atoms with E-state index in [2.05, 4.69) is 45.7 Å². The molecule has 7 heteroatoms. The van der Waals surface area contributed by atoms with Crippen LogP contribution in [0.5, 0.6) is 5.75 Å². The number of nitrogens with zero attached hydrogens (tertiary/aromatic N) is 3. The average Bonchev–Trinajstić information content (AvgIpc) is 3.05. The fourth-order valence-electron chi connectivity index (χ4n) is 2.29. The Morgan fingerprint density at radius 3 is 2.76 bits per heavy atom. The van der Waals surface area contributed by atoms with Crippen LogP contribution in [0.4, 0.5) is 0 Å². The predicted octanol–water partition coefficient (Wildman–Crippen LogP) is 2.96. The molecule has 0 bridgehead atoms. The van der Waals surface area contributed by atoms with Crippen molar-refractivity contribution in [2.75, 3.05) is 13.6 Å². The van der Waals surface area contributed by atoms with Gasteiger partial charge in [-0.05, 0) is 32.4 Å². The van der Waals surface area contributed by atoms with Crippen molar-refractivity contribution in [1.29, 1.82) is 0 Å². The van der Waals surface area contributed by atoms with E-state index in [0.29, 0.717) is 6.54 Å². The maximum Gasteiger partial charge on any atom is 0.191 e. The molecule has 0 aliphatic rings. The number of hydrogen-bond acceptors (Lipinski definition) is 3. The molecule has 0 amide bonds. The standard InChI is InChI=1S/C18H27N5O.HI/c1-14(2)24-17-11-15(3)5-6-16(17)12-22-18(19-4)21-8-10-23-9-7-20-13-23;/h5-7,9,11,13-14H,8,10,12H2,1-4H3,(H2,19,21,22);1H. The Balaban J connectivity index is 0.00000312. The highest BCUT2D eigenvalue weighted by Gasteiger charge is 2.07. The molecule has 0 unspecified atom stereocenters. The van der Waals surface area contributed by atoms with E-state index in [0.717, 1.165) is 30.4 Å². The van der Waals surface area contributed by atoms with Crippen LogP contribution in [0.3, 0.4) is 0 Å². The average molecular weight is 457 g/mol. The first-order chi connectivity index (χ1) is 11.6. The summed E-state index contributed by atoms with van der Waals surface area (Å²) in [6.07, 6.45) is 5.68. The molecule has 1 aromatic heterocycles. The minimum Gasteiger partial charge on any atom is -0.491 e. The van der Waals surface area contributed by atoms with E-state index in [1.807, 2.05) is 24.6 Å². The molecule has 1 heterocycles. The molecule has 0 aliphatic heterocycles. The van der Waals surface area contributed by atoms with Crippen molar-refractivity contribution in [3.63, 3.8) is 0 Å². The highest BCUT2D eigenvalue weighted by Crippen LogP contribution is 2.21. The summed E-state index contributed by atoms with van der Waals surface area (Å²) in [5, 5.41) is 6.63. The molecule has 2 rings (SSSR count). The lowest BCUT2D eigenvalue weighted by molar-refractivity contribution is 0.239. The van der Waals surface area contributed by atoms with Crippen LogP contribution in [-0.2, 0) is 13.1 Å². The number of imidazole rings is 1. The SMILES string of the molecule is CN=C(NCCn1ccnc1)NCc1ccc(C)cc1OC(C)C.I. The Hall–Kier alpha value is -1.77. The van der Waals surface area contributed by atoms with Crippen molar-refractivity contribution in [2.45, 2.75) is 40.0 Å². The Labute approximate surface area is 167 Å². The van der Waals surface area contributed by atoms with E-state index in [9.17, 15) is 0 Å². The summed E-state index contributed by atoms with van der Waals surface area (Å²) in [6.45, 7) is 8.42. The van der Waals surface area contributed by atoms with E-state index in [4.69, 9.17) is 4.74 Å². The van der Waals surface area contributed by atoms with Gasteiger partial charge in [0.15, 0.2) is 5.96 Å². The monoisotopic (exact) mass is 457 g/mol. The molecule has 2 aromatic rings. The molecule has 2 N–H and O–H groups in total. The molecule has 0 radical (unpaired) electrons. The summed E-state index contributed by atoms with van der Waals surface area (Å²) in [4.78, 5) is 8.29. The first-order valence-electron chi connectivity index (χ1n) is 8.25. The summed E-state index contributed by atoms with van der Waals surface area (Å²) in [6, 6.07) is 6.27. The van der Waals surface area contributed by atoms with Crippen LogP contribution in [0, 0.1) is 6.92 Å². The minimum atomic E-state index is 0. The molecule has 0 aliphatic carbocycles. The van der Waals surface area contributed by atoms with Crippen LogP contribution in [0.2, 0.25) is 0 Å². The van der Waals surface area contributed by atoms with E-state index in [1.165, 1.54) is 5.56 Å². The number of guanidine groups is 1. The first-order valence-corrected chi connectivity index (χ1v) is 8.25. The number of aliphatic imine (C=N–C) groups is 1. The topological polar surface area (TPSA) is 63.5 Å². The largest absolute Gasteiger partial charge is 0.491 e. The second kappa shape index (κ2) is 11.0. The third kappa shape index (κ3) is 7.33. The smallest absolute Gasteiger partial charge is 0.191 e. The van der Waals surface area contributed by atoms with Crippen LogP contribution in [-0.4, -0.2) is 35.2 Å². The maximum atomic E-state index is 5.91. The van der Waals surface area contributed by atoms with Crippen LogP contribution in [0.25, 0.3) is 0 Å². The predicted molar refractivity (Wildman–Crippen MR) is 113 cm³/mol. The van der Waals surface area contributed by atoms with Gasteiger partial charge in [-0.2, -0.15) is 0 Å². The lowest BCUT2D eigenvalue weighted by Gasteiger charge is -2.17. The van der Waals surface area contributed by atoms with Gasteiger partial charge in [0.05, 0.1) is 12.4 Å². The molecule has 0 fully saturated rings. The van der Waals surface area contributed by atoms with Gasteiger partial charge < -0.3 is 19.9 Å². The second-order valence-electron chi connectivity index (χ2n) is 5.93. The van der Waals surface area contributed by atoms with Crippen molar-refractivity contribution < 1.29 is 4.74 Å². The number of aromatic nitrogens is 2. The Morgan fingerprint density at radius 1 is 1.32 bits per heavy atom. The molecule has 6 nitrogen and oxygen atoms in total. The van der Waals surface area contributed by atoms with Gasteiger partial charge in [-0.15, -0.1) is 24.0 Å². The summed E-state index contributed by atoms with van der Waals surface area (Å²) in [5.74, 6) is 1.69. The molecule has 0 spiro atoms. The van der Waals surface area contributed by atoms with Crippen molar-refractivity contribution in [3.05, 3.63) is 48.0 Å². The van der Waals surface area contributed by atoms with Crippen LogP contribution in [0.15, 0.2) is 41.9 Å². The molecule has 0 saturated heterocycles. The fraction of sp³-hybridized carbons (Fsp3) is 0.444. The molecule has 0 atom stereocenters. The van der Waals surface area contributed by atoms with Crippen molar-refractivity contribution >= 4 is 29.9 Å². The van der Waals surface area contributed by atoms with Gasteiger partial charge >= 0.3 is 0 Å². The third-order valence-corrected chi connectivity index (χ3v) is 3.48. The number of ether oxygens (including phenoxy) is 1. The number of hydrogen-bond donors (Lipinski definition) is 2. The summed E-state index contributed by atoms with van der Waals surface area (Å²) in [7, 11) is 1.77. The Kier molecular flexibility index (Phi) is 9.33. The molecular formula is C18H28IN5O. The summed E-state index contributed by atoms with van der Waals surface area (Å²) >= 11 is 0. The minimum absolute atomic E-state index is 0. The van der Waals surface area contributed by atoms with E-state index in [-0.39, 0.29) is 30.1 Å². The lowest BCUT2D eigenvalue weighted by atomic mass is 10.1. The van der Waals surface area contributed by atoms with Crippen LogP contribution in [0.1, 0.15) is 25.0 Å². The highest BCUT2D eigenvalue weighted by molar-refractivity contribution is 14.0. The molecule has 25 heavy (non-hydrogen) atoms. The normalized spacial score (nSPS) is 11.2.